The Bertz CT molecular complexity index is 519. The number of carboxylic acid groups (broad SMARTS) is 1. The minimum atomic E-state index is -1.05. The molecule has 2 aliphatic rings. The first-order chi connectivity index (χ1) is 9.66. The van der Waals surface area contributed by atoms with Crippen molar-refractivity contribution >= 4 is 11.9 Å². The first-order valence-electron chi connectivity index (χ1n) is 6.52. The maximum atomic E-state index is 12.5. The minimum Gasteiger partial charge on any atom is -0.480 e. The van der Waals surface area contributed by atoms with Crippen LogP contribution in [-0.2, 0) is 20.7 Å². The van der Waals surface area contributed by atoms with E-state index < -0.39 is 18.1 Å². The number of fused-ring (bicyclic) bond motifs is 1. The summed E-state index contributed by atoms with van der Waals surface area (Å²) in [5.74, 6) is -0.628. The van der Waals surface area contributed by atoms with Gasteiger partial charge in [0.2, 0.25) is 0 Å². The lowest BCUT2D eigenvalue weighted by Gasteiger charge is -2.34. The third kappa shape index (κ3) is 2.22. The fraction of sp³-hybridized carbons (Fsp3) is 0.429. The van der Waals surface area contributed by atoms with Gasteiger partial charge in [-0.05, 0) is 11.6 Å². The van der Waals surface area contributed by atoms with E-state index in [0.29, 0.717) is 18.8 Å². The van der Waals surface area contributed by atoms with E-state index >= 15 is 0 Å². The van der Waals surface area contributed by atoms with Crippen LogP contribution in [0, 0.1) is 0 Å². The average Bonchev–Trinajstić information content (AvgIpc) is 2.90. The van der Waals surface area contributed by atoms with E-state index in [9.17, 15) is 9.59 Å². The minimum absolute atomic E-state index is 0.0285. The van der Waals surface area contributed by atoms with Crippen LogP contribution in [0.25, 0.3) is 0 Å². The molecule has 20 heavy (non-hydrogen) atoms. The van der Waals surface area contributed by atoms with Crippen molar-refractivity contribution in [2.45, 2.75) is 18.6 Å². The lowest BCUT2D eigenvalue weighted by Crippen LogP contribution is -2.56. The van der Waals surface area contributed by atoms with Crippen molar-refractivity contribution in [3.63, 3.8) is 0 Å². The summed E-state index contributed by atoms with van der Waals surface area (Å²) >= 11 is 0. The van der Waals surface area contributed by atoms with Gasteiger partial charge in [-0.25, -0.2) is 4.79 Å². The highest BCUT2D eigenvalue weighted by Crippen LogP contribution is 2.29. The smallest absolute Gasteiger partial charge is 0.328 e. The summed E-state index contributed by atoms with van der Waals surface area (Å²) in [5, 5.41) is 9.16. The molecule has 0 bridgehead atoms. The fourth-order valence-corrected chi connectivity index (χ4v) is 2.58. The number of carboxylic acids is 1. The second kappa shape index (κ2) is 5.13. The van der Waals surface area contributed by atoms with Gasteiger partial charge in [-0.2, -0.15) is 0 Å². The largest absolute Gasteiger partial charge is 0.480 e. The van der Waals surface area contributed by atoms with Gasteiger partial charge in [0.15, 0.2) is 12.1 Å². The Labute approximate surface area is 115 Å². The molecule has 1 amide bonds. The molecule has 2 heterocycles. The van der Waals surface area contributed by atoms with E-state index in [-0.39, 0.29) is 19.1 Å². The second-order valence-electron chi connectivity index (χ2n) is 4.88. The number of morpholine rings is 1. The van der Waals surface area contributed by atoms with Crippen LogP contribution < -0.4 is 4.74 Å². The number of carbonyl (C=O) groups is 2. The van der Waals surface area contributed by atoms with Crippen molar-refractivity contribution in [2.75, 3.05) is 19.8 Å². The van der Waals surface area contributed by atoms with Crippen LogP contribution >= 0.6 is 0 Å². The highest BCUT2D eigenvalue weighted by atomic mass is 16.5. The molecule has 0 saturated carbocycles. The van der Waals surface area contributed by atoms with Crippen LogP contribution in [0.3, 0.4) is 0 Å². The lowest BCUT2D eigenvalue weighted by molar-refractivity contribution is -0.161. The summed E-state index contributed by atoms with van der Waals surface area (Å²) < 4.78 is 10.8. The van der Waals surface area contributed by atoms with Crippen molar-refractivity contribution in [1.29, 1.82) is 0 Å². The van der Waals surface area contributed by atoms with Crippen molar-refractivity contribution in [3.8, 4) is 5.75 Å². The number of ether oxygens (including phenoxy) is 2. The Morgan fingerprint density at radius 1 is 1.30 bits per heavy atom. The molecule has 0 spiro atoms. The Kier molecular flexibility index (Phi) is 3.31. The number of amides is 1. The molecule has 6 nitrogen and oxygen atoms in total. The molecule has 0 radical (unpaired) electrons. The molecule has 2 aliphatic heterocycles. The third-order valence-corrected chi connectivity index (χ3v) is 3.62. The Hall–Kier alpha value is -2.08. The molecular weight excluding hydrogens is 262 g/mol. The van der Waals surface area contributed by atoms with Gasteiger partial charge in [-0.1, -0.05) is 18.2 Å². The van der Waals surface area contributed by atoms with Gasteiger partial charge in [-0.3, -0.25) is 4.79 Å². The van der Waals surface area contributed by atoms with E-state index in [1.165, 1.54) is 4.90 Å². The number of para-hydroxylation sites is 1. The van der Waals surface area contributed by atoms with Crippen LogP contribution in [0.15, 0.2) is 24.3 Å². The Morgan fingerprint density at radius 2 is 2.10 bits per heavy atom. The molecule has 1 aromatic carbocycles. The Morgan fingerprint density at radius 3 is 2.85 bits per heavy atom. The van der Waals surface area contributed by atoms with Gasteiger partial charge in [0.05, 0.1) is 13.2 Å². The highest BCUT2D eigenvalue weighted by Gasteiger charge is 2.39. The molecule has 1 fully saturated rings. The quantitative estimate of drug-likeness (QED) is 0.841. The number of nitrogens with zero attached hydrogens (tertiary/aromatic N) is 1. The van der Waals surface area contributed by atoms with Gasteiger partial charge in [-0.15, -0.1) is 0 Å². The van der Waals surface area contributed by atoms with E-state index in [1.54, 1.807) is 0 Å². The summed E-state index contributed by atoms with van der Waals surface area (Å²) in [4.78, 5) is 25.0. The van der Waals surface area contributed by atoms with Crippen LogP contribution in [0.4, 0.5) is 0 Å². The van der Waals surface area contributed by atoms with E-state index in [1.807, 2.05) is 24.3 Å². The molecular formula is C14H15NO5. The third-order valence-electron chi connectivity index (χ3n) is 3.62. The van der Waals surface area contributed by atoms with Crippen molar-refractivity contribution in [2.24, 2.45) is 0 Å². The zero-order chi connectivity index (χ0) is 14.1. The summed E-state index contributed by atoms with van der Waals surface area (Å²) in [7, 11) is 0. The number of carbonyl (C=O) groups excluding carboxylic acids is 1. The number of aliphatic carboxylic acids is 1. The van der Waals surface area contributed by atoms with Gasteiger partial charge in [0, 0.05) is 13.0 Å². The second-order valence-corrected chi connectivity index (χ2v) is 4.88. The first kappa shape index (κ1) is 12.9. The monoisotopic (exact) mass is 277 g/mol. The molecule has 0 unspecified atom stereocenters. The maximum Gasteiger partial charge on any atom is 0.328 e. The molecule has 6 heteroatoms. The standard InChI is InChI=1S/C14H15NO5/c16-13(15-5-6-19-8-10(15)14(17)18)12-7-9-3-1-2-4-11(9)20-12/h1-4,10,12H,5-8H2,(H,17,18)/t10-,12-/m0/s1. The van der Waals surface area contributed by atoms with E-state index in [0.717, 1.165) is 5.56 Å². The van der Waals surface area contributed by atoms with Gasteiger partial charge < -0.3 is 19.5 Å². The number of benzene rings is 1. The van der Waals surface area contributed by atoms with E-state index in [2.05, 4.69) is 0 Å². The van der Waals surface area contributed by atoms with Crippen LogP contribution in [0.2, 0.25) is 0 Å². The normalized spacial score (nSPS) is 24.9. The summed E-state index contributed by atoms with van der Waals surface area (Å²) in [6, 6.07) is 6.54. The predicted molar refractivity (Wildman–Crippen MR) is 68.5 cm³/mol. The predicted octanol–water partition coefficient (Wildman–Crippen LogP) is 0.302. The molecule has 2 atom stereocenters. The van der Waals surface area contributed by atoms with Crippen molar-refractivity contribution in [1.82, 2.24) is 4.90 Å². The van der Waals surface area contributed by atoms with Crippen molar-refractivity contribution in [3.05, 3.63) is 29.8 Å². The topological polar surface area (TPSA) is 76.1 Å². The van der Waals surface area contributed by atoms with Gasteiger partial charge in [0.25, 0.3) is 5.91 Å². The van der Waals surface area contributed by atoms with Crippen LogP contribution in [0.5, 0.6) is 5.75 Å². The van der Waals surface area contributed by atoms with Crippen molar-refractivity contribution < 1.29 is 24.2 Å². The summed E-state index contributed by atoms with van der Waals surface area (Å²) in [6.07, 6.45) is -0.147. The number of hydrogen-bond acceptors (Lipinski definition) is 4. The summed E-state index contributed by atoms with van der Waals surface area (Å²) in [6.45, 7) is 0.669. The number of rotatable bonds is 2. The molecule has 0 aliphatic carbocycles. The zero-order valence-electron chi connectivity index (χ0n) is 10.8. The SMILES string of the molecule is O=C(O)[C@@H]1COCCN1C(=O)[C@@H]1Cc2ccccc2O1. The first-order valence-corrected chi connectivity index (χ1v) is 6.52. The molecule has 106 valence electrons. The average molecular weight is 277 g/mol. The molecule has 1 aromatic rings. The molecule has 1 saturated heterocycles. The van der Waals surface area contributed by atoms with Gasteiger partial charge in [0.1, 0.15) is 5.75 Å². The molecule has 3 rings (SSSR count). The zero-order valence-corrected chi connectivity index (χ0v) is 10.8. The fourth-order valence-electron chi connectivity index (χ4n) is 2.58. The highest BCUT2D eigenvalue weighted by molar-refractivity contribution is 5.87. The lowest BCUT2D eigenvalue weighted by atomic mass is 10.1. The number of hydrogen-bond donors (Lipinski definition) is 1. The Balaban J connectivity index is 1.75. The molecule has 0 aromatic heterocycles. The van der Waals surface area contributed by atoms with Crippen LogP contribution in [-0.4, -0.2) is 53.8 Å². The summed E-state index contributed by atoms with van der Waals surface area (Å²) in [5.41, 5.74) is 0.978. The maximum absolute atomic E-state index is 12.5. The molecule has 1 N–H and O–H groups in total. The van der Waals surface area contributed by atoms with E-state index in [4.69, 9.17) is 14.6 Å². The van der Waals surface area contributed by atoms with Gasteiger partial charge >= 0.3 is 5.97 Å². The van der Waals surface area contributed by atoms with Crippen LogP contribution in [0.1, 0.15) is 5.56 Å².